The van der Waals surface area contributed by atoms with Gasteiger partial charge in [-0.1, -0.05) is 79.6 Å². The molecule has 2 atom stereocenters. The Kier molecular flexibility index (Phi) is 16.0. The first kappa shape index (κ1) is 37.2. The maximum atomic E-state index is 13.4. The number of carbonyl (C=O) groups excluding carboxylic acids is 2. The summed E-state index contributed by atoms with van der Waals surface area (Å²) in [6.45, 7) is 12.5. The molecule has 246 valence electrons. The van der Waals surface area contributed by atoms with Crippen LogP contribution in [-0.2, 0) is 16.0 Å². The number of rotatable bonds is 19. The highest BCUT2D eigenvalue weighted by Crippen LogP contribution is 2.33. The highest BCUT2D eigenvalue weighted by molar-refractivity contribution is 6.03. The number of aromatic nitrogens is 1. The van der Waals surface area contributed by atoms with Crippen LogP contribution in [0.25, 0.3) is 0 Å². The van der Waals surface area contributed by atoms with Crippen molar-refractivity contribution >= 4 is 23.3 Å². The third-order valence-electron chi connectivity index (χ3n) is 8.20. The van der Waals surface area contributed by atoms with E-state index in [0.29, 0.717) is 6.42 Å². The molecule has 2 rings (SSSR count). The molecule has 1 aromatic carbocycles. The number of esters is 2. The molecule has 0 bridgehead atoms. The normalized spacial score (nSPS) is 12.6. The first-order valence-corrected chi connectivity index (χ1v) is 16.4. The molecule has 0 aliphatic rings. The summed E-state index contributed by atoms with van der Waals surface area (Å²) in [6.07, 6.45) is 9.22. The molecule has 1 heterocycles. The third-order valence-corrected chi connectivity index (χ3v) is 8.20. The van der Waals surface area contributed by atoms with Gasteiger partial charge in [0.25, 0.3) is 5.56 Å². The standard InChI is InChI=1S/C35H50N4O6/c1-7-12-15-25(10-4)22-44-34(42)28-18-17-27(20-29(28)35(43)45-23-26(11-5)16-13-8-2)37-38-31-24(6)30(21-36)32(40)39(33(31)41)19-14-9-3/h17-18,20,25-26,41H,7-16,19,22-23H2,1-6H3/b38-37+. The van der Waals surface area contributed by atoms with Crippen molar-refractivity contribution in [1.29, 1.82) is 5.26 Å². The van der Waals surface area contributed by atoms with Gasteiger partial charge in [0.1, 0.15) is 11.6 Å². The molecule has 0 fully saturated rings. The molecular weight excluding hydrogens is 572 g/mol. The van der Waals surface area contributed by atoms with Crippen LogP contribution in [0.5, 0.6) is 5.88 Å². The molecule has 0 saturated carbocycles. The van der Waals surface area contributed by atoms with Crippen molar-refractivity contribution < 1.29 is 24.2 Å². The zero-order valence-electron chi connectivity index (χ0n) is 27.9. The largest absolute Gasteiger partial charge is 0.493 e. The number of pyridine rings is 1. The molecule has 45 heavy (non-hydrogen) atoms. The van der Waals surface area contributed by atoms with E-state index in [1.165, 1.54) is 25.1 Å². The summed E-state index contributed by atoms with van der Waals surface area (Å²) < 4.78 is 12.5. The molecule has 1 aromatic heterocycles. The molecule has 2 aromatic rings. The van der Waals surface area contributed by atoms with Crippen molar-refractivity contribution in [3.8, 4) is 11.9 Å². The fraction of sp³-hybridized carbons (Fsp3) is 0.600. The number of nitriles is 1. The van der Waals surface area contributed by atoms with E-state index in [9.17, 15) is 24.8 Å². The average molecular weight is 623 g/mol. The lowest BCUT2D eigenvalue weighted by molar-refractivity contribution is 0.0381. The van der Waals surface area contributed by atoms with Crippen LogP contribution in [0.3, 0.4) is 0 Å². The van der Waals surface area contributed by atoms with Gasteiger partial charge < -0.3 is 14.6 Å². The summed E-state index contributed by atoms with van der Waals surface area (Å²) in [7, 11) is 0. The van der Waals surface area contributed by atoms with E-state index in [-0.39, 0.29) is 71.1 Å². The van der Waals surface area contributed by atoms with E-state index in [1.54, 1.807) is 0 Å². The van der Waals surface area contributed by atoms with Gasteiger partial charge in [-0.2, -0.15) is 10.4 Å². The number of hydrogen-bond acceptors (Lipinski definition) is 9. The number of carbonyl (C=O) groups is 2. The molecule has 10 nitrogen and oxygen atoms in total. The van der Waals surface area contributed by atoms with Crippen LogP contribution in [-0.4, -0.2) is 34.8 Å². The maximum absolute atomic E-state index is 13.4. The molecule has 2 unspecified atom stereocenters. The lowest BCUT2D eigenvalue weighted by atomic mass is 10.0. The molecular formula is C35H50N4O6. The van der Waals surface area contributed by atoms with E-state index in [4.69, 9.17) is 9.47 Å². The van der Waals surface area contributed by atoms with Crippen LogP contribution in [0.1, 0.15) is 131 Å². The Morgan fingerprint density at radius 3 is 1.96 bits per heavy atom. The van der Waals surface area contributed by atoms with Gasteiger partial charge in [0, 0.05) is 12.1 Å². The molecule has 10 heteroatoms. The lowest BCUT2D eigenvalue weighted by Gasteiger charge is -2.17. The summed E-state index contributed by atoms with van der Waals surface area (Å²) in [4.78, 5) is 39.4. The van der Waals surface area contributed by atoms with Crippen LogP contribution in [0.2, 0.25) is 0 Å². The molecule has 0 radical (unpaired) electrons. The fourth-order valence-corrected chi connectivity index (χ4v) is 4.97. The van der Waals surface area contributed by atoms with Crippen molar-refractivity contribution in [3.05, 3.63) is 50.8 Å². The highest BCUT2D eigenvalue weighted by Gasteiger charge is 2.23. The van der Waals surface area contributed by atoms with Crippen LogP contribution < -0.4 is 5.56 Å². The number of nitrogens with zero attached hydrogens (tertiary/aromatic N) is 4. The highest BCUT2D eigenvalue weighted by atomic mass is 16.5. The van der Waals surface area contributed by atoms with Gasteiger partial charge in [0.05, 0.1) is 30.0 Å². The molecule has 0 aliphatic heterocycles. The number of unbranched alkanes of at least 4 members (excludes halogenated alkanes) is 3. The molecule has 0 saturated heterocycles. The SMILES string of the molecule is CCCCC(CC)COC(=O)c1ccc(/N=N/c2c(C)c(C#N)c(=O)n(CCCC)c2O)cc1C(=O)OCC(CC)CCCC. The van der Waals surface area contributed by atoms with Crippen molar-refractivity contribution in [3.63, 3.8) is 0 Å². The minimum Gasteiger partial charge on any atom is -0.493 e. The van der Waals surface area contributed by atoms with Gasteiger partial charge in [-0.3, -0.25) is 9.36 Å². The monoisotopic (exact) mass is 622 g/mol. The topological polar surface area (TPSA) is 143 Å². The minimum atomic E-state index is -0.661. The second-order valence-corrected chi connectivity index (χ2v) is 11.6. The van der Waals surface area contributed by atoms with E-state index in [2.05, 4.69) is 37.9 Å². The van der Waals surface area contributed by atoms with Gasteiger partial charge >= 0.3 is 11.9 Å². The second kappa shape index (κ2) is 19.4. The predicted molar refractivity (Wildman–Crippen MR) is 175 cm³/mol. The Labute approximate surface area is 267 Å². The molecule has 0 spiro atoms. The van der Waals surface area contributed by atoms with E-state index in [0.717, 1.165) is 62.4 Å². The smallest absolute Gasteiger partial charge is 0.339 e. The van der Waals surface area contributed by atoms with Gasteiger partial charge in [-0.15, -0.1) is 5.11 Å². The molecule has 0 amide bonds. The Balaban J connectivity index is 2.48. The van der Waals surface area contributed by atoms with E-state index in [1.807, 2.05) is 13.0 Å². The fourth-order valence-electron chi connectivity index (χ4n) is 4.97. The van der Waals surface area contributed by atoms with Crippen molar-refractivity contribution in [2.45, 2.75) is 112 Å². The molecule has 1 N–H and O–H groups in total. The Bertz CT molecular complexity index is 1410. The number of hydrogen-bond donors (Lipinski definition) is 1. The zero-order chi connectivity index (χ0) is 33.4. The summed E-state index contributed by atoms with van der Waals surface area (Å²) in [5.41, 5.74) is -0.235. The third kappa shape index (κ3) is 10.5. The van der Waals surface area contributed by atoms with Gasteiger partial charge in [0.15, 0.2) is 5.69 Å². The first-order valence-electron chi connectivity index (χ1n) is 16.4. The Morgan fingerprint density at radius 1 is 0.889 bits per heavy atom. The maximum Gasteiger partial charge on any atom is 0.339 e. The van der Waals surface area contributed by atoms with E-state index < -0.39 is 17.5 Å². The zero-order valence-corrected chi connectivity index (χ0v) is 27.9. The average Bonchev–Trinajstić information content (AvgIpc) is 3.04. The van der Waals surface area contributed by atoms with E-state index >= 15 is 0 Å². The summed E-state index contributed by atoms with van der Waals surface area (Å²) in [5.74, 6) is -1.23. The van der Waals surface area contributed by atoms with Crippen molar-refractivity contribution in [2.75, 3.05) is 13.2 Å². The van der Waals surface area contributed by atoms with Gasteiger partial charge in [0.2, 0.25) is 5.88 Å². The summed E-state index contributed by atoms with van der Waals surface area (Å²) >= 11 is 0. The van der Waals surface area contributed by atoms with Crippen LogP contribution in [0, 0.1) is 30.1 Å². The number of azo groups is 1. The summed E-state index contributed by atoms with van der Waals surface area (Å²) in [6, 6.07) is 6.30. The lowest BCUT2D eigenvalue weighted by Crippen LogP contribution is -2.23. The van der Waals surface area contributed by atoms with Crippen LogP contribution in [0.4, 0.5) is 11.4 Å². The quantitative estimate of drug-likeness (QED) is 0.122. The van der Waals surface area contributed by atoms with Gasteiger partial charge in [-0.25, -0.2) is 9.59 Å². The number of ether oxygens (including phenoxy) is 2. The van der Waals surface area contributed by atoms with Gasteiger partial charge in [-0.05, 0) is 56.2 Å². The summed E-state index contributed by atoms with van der Waals surface area (Å²) in [5, 5.41) is 28.9. The predicted octanol–water partition coefficient (Wildman–Crippen LogP) is 8.70. The Morgan fingerprint density at radius 2 is 1.44 bits per heavy atom. The second-order valence-electron chi connectivity index (χ2n) is 11.6. The van der Waals surface area contributed by atoms with Crippen molar-refractivity contribution in [2.24, 2.45) is 22.1 Å². The molecule has 0 aliphatic carbocycles. The Hall–Kier alpha value is -4.00. The first-order chi connectivity index (χ1) is 21.7. The minimum absolute atomic E-state index is 0.00924. The van der Waals surface area contributed by atoms with Crippen LogP contribution >= 0.6 is 0 Å². The van der Waals surface area contributed by atoms with Crippen molar-refractivity contribution in [1.82, 2.24) is 4.57 Å². The number of aromatic hydroxyl groups is 1. The number of benzene rings is 1. The van der Waals surface area contributed by atoms with Crippen LogP contribution in [0.15, 0.2) is 33.2 Å².